The SMILES string of the molecule is CNC(=O)c1ccc(N2CCS(=O)(=O)CC2)c(N)c1. The van der Waals surface area contributed by atoms with E-state index in [-0.39, 0.29) is 17.4 Å². The van der Waals surface area contributed by atoms with Crippen molar-refractivity contribution in [2.24, 2.45) is 0 Å². The highest BCUT2D eigenvalue weighted by molar-refractivity contribution is 7.91. The highest BCUT2D eigenvalue weighted by atomic mass is 32.2. The maximum Gasteiger partial charge on any atom is 0.251 e. The Bertz CT molecular complexity index is 584. The van der Waals surface area contributed by atoms with Crippen molar-refractivity contribution in [1.82, 2.24) is 5.32 Å². The molecule has 0 bridgehead atoms. The maximum atomic E-state index is 11.5. The summed E-state index contributed by atoms with van der Waals surface area (Å²) in [6.45, 7) is 0.873. The molecule has 3 N–H and O–H groups in total. The number of carbonyl (C=O) groups excluding carboxylic acids is 1. The Hall–Kier alpha value is -1.76. The summed E-state index contributed by atoms with van der Waals surface area (Å²) in [7, 11) is -1.35. The minimum absolute atomic E-state index is 0.142. The zero-order chi connectivity index (χ0) is 14.0. The van der Waals surface area contributed by atoms with Gasteiger partial charge in [-0.2, -0.15) is 0 Å². The predicted molar refractivity (Wildman–Crippen MR) is 75.1 cm³/mol. The van der Waals surface area contributed by atoms with Crippen molar-refractivity contribution in [2.75, 3.05) is 42.3 Å². The minimum Gasteiger partial charge on any atom is -0.397 e. The molecule has 0 radical (unpaired) electrons. The highest BCUT2D eigenvalue weighted by Crippen LogP contribution is 2.25. The van der Waals surface area contributed by atoms with E-state index in [1.807, 2.05) is 4.90 Å². The molecule has 0 aromatic heterocycles. The lowest BCUT2D eigenvalue weighted by Gasteiger charge is -2.29. The lowest BCUT2D eigenvalue weighted by Crippen LogP contribution is -2.40. The molecule has 0 spiro atoms. The van der Waals surface area contributed by atoms with E-state index in [1.54, 1.807) is 25.2 Å². The molecule has 1 heterocycles. The lowest BCUT2D eigenvalue weighted by atomic mass is 10.1. The molecule has 0 atom stereocenters. The molecule has 1 aliphatic heterocycles. The lowest BCUT2D eigenvalue weighted by molar-refractivity contribution is 0.0963. The van der Waals surface area contributed by atoms with Crippen molar-refractivity contribution in [3.8, 4) is 0 Å². The molecule has 19 heavy (non-hydrogen) atoms. The van der Waals surface area contributed by atoms with Crippen molar-refractivity contribution in [1.29, 1.82) is 0 Å². The number of nitrogens with zero attached hydrogens (tertiary/aromatic N) is 1. The summed E-state index contributed by atoms with van der Waals surface area (Å²) in [5, 5.41) is 2.53. The van der Waals surface area contributed by atoms with Gasteiger partial charge in [-0.3, -0.25) is 4.79 Å². The van der Waals surface area contributed by atoms with E-state index in [1.165, 1.54) is 0 Å². The number of hydrogen-bond donors (Lipinski definition) is 2. The average molecular weight is 283 g/mol. The van der Waals surface area contributed by atoms with Gasteiger partial charge in [0.2, 0.25) is 0 Å². The van der Waals surface area contributed by atoms with E-state index >= 15 is 0 Å². The van der Waals surface area contributed by atoms with Gasteiger partial charge in [0.1, 0.15) is 0 Å². The van der Waals surface area contributed by atoms with E-state index in [0.29, 0.717) is 24.3 Å². The Labute approximate surface area is 112 Å². The van der Waals surface area contributed by atoms with Crippen LogP contribution in [0.1, 0.15) is 10.4 Å². The van der Waals surface area contributed by atoms with Crippen LogP contribution in [0.3, 0.4) is 0 Å². The zero-order valence-corrected chi connectivity index (χ0v) is 11.5. The van der Waals surface area contributed by atoms with Crippen LogP contribution in [0.4, 0.5) is 11.4 Å². The second kappa shape index (κ2) is 5.08. The van der Waals surface area contributed by atoms with E-state index in [2.05, 4.69) is 5.32 Å². The second-order valence-electron chi connectivity index (χ2n) is 4.49. The molecule has 7 heteroatoms. The van der Waals surface area contributed by atoms with E-state index in [4.69, 9.17) is 5.73 Å². The van der Waals surface area contributed by atoms with Crippen LogP contribution >= 0.6 is 0 Å². The molecule has 0 aliphatic carbocycles. The standard InChI is InChI=1S/C12H17N3O3S/c1-14-12(16)9-2-3-11(10(13)8-9)15-4-6-19(17,18)7-5-15/h2-3,8H,4-7,13H2,1H3,(H,14,16). The molecule has 104 valence electrons. The van der Waals surface area contributed by atoms with Gasteiger partial charge >= 0.3 is 0 Å². The van der Waals surface area contributed by atoms with Gasteiger partial charge in [-0.25, -0.2) is 8.42 Å². The highest BCUT2D eigenvalue weighted by Gasteiger charge is 2.23. The fraction of sp³-hybridized carbons (Fsp3) is 0.417. The van der Waals surface area contributed by atoms with Gasteiger partial charge in [-0.15, -0.1) is 0 Å². The predicted octanol–water partition coefficient (Wildman–Crippen LogP) is -0.137. The molecule has 6 nitrogen and oxygen atoms in total. The van der Waals surface area contributed by atoms with Crippen LogP contribution in [0.2, 0.25) is 0 Å². The van der Waals surface area contributed by atoms with Gasteiger partial charge < -0.3 is 16.0 Å². The van der Waals surface area contributed by atoms with Gasteiger partial charge in [-0.1, -0.05) is 0 Å². The summed E-state index contributed by atoms with van der Waals surface area (Å²) >= 11 is 0. The summed E-state index contributed by atoms with van der Waals surface area (Å²) in [6.07, 6.45) is 0. The number of nitrogen functional groups attached to an aromatic ring is 1. The van der Waals surface area contributed by atoms with Gasteiger partial charge in [-0.05, 0) is 18.2 Å². The second-order valence-corrected chi connectivity index (χ2v) is 6.80. The molecular formula is C12H17N3O3S. The van der Waals surface area contributed by atoms with Crippen LogP contribution < -0.4 is 16.0 Å². The molecular weight excluding hydrogens is 266 g/mol. The van der Waals surface area contributed by atoms with Crippen molar-refractivity contribution < 1.29 is 13.2 Å². The van der Waals surface area contributed by atoms with Gasteiger partial charge in [0.25, 0.3) is 5.91 Å². The molecule has 1 saturated heterocycles. The first-order valence-electron chi connectivity index (χ1n) is 6.00. The first kappa shape index (κ1) is 13.7. The summed E-state index contributed by atoms with van der Waals surface area (Å²) in [4.78, 5) is 13.4. The van der Waals surface area contributed by atoms with Crippen molar-refractivity contribution >= 4 is 27.1 Å². The molecule has 0 unspecified atom stereocenters. The van der Waals surface area contributed by atoms with Crippen LogP contribution in [-0.4, -0.2) is 46.0 Å². The normalized spacial score (nSPS) is 18.1. The number of amides is 1. The maximum absolute atomic E-state index is 11.5. The van der Waals surface area contributed by atoms with Gasteiger partial charge in [0.05, 0.1) is 22.9 Å². The molecule has 1 aromatic rings. The third kappa shape index (κ3) is 2.98. The van der Waals surface area contributed by atoms with Gasteiger partial charge in [0, 0.05) is 25.7 Å². The first-order chi connectivity index (χ1) is 8.93. The monoisotopic (exact) mass is 283 g/mol. The van der Waals surface area contributed by atoms with E-state index in [9.17, 15) is 13.2 Å². The quantitative estimate of drug-likeness (QED) is 0.737. The Balaban J connectivity index is 2.20. The number of sulfone groups is 1. The fourth-order valence-electron chi connectivity index (χ4n) is 2.08. The number of hydrogen-bond acceptors (Lipinski definition) is 5. The van der Waals surface area contributed by atoms with Crippen LogP contribution in [0.5, 0.6) is 0 Å². The third-order valence-corrected chi connectivity index (χ3v) is 4.81. The summed E-state index contributed by atoms with van der Waals surface area (Å²) in [6, 6.07) is 5.06. The van der Waals surface area contributed by atoms with Crippen LogP contribution in [0.25, 0.3) is 0 Å². The Kier molecular flexibility index (Phi) is 3.66. The Morgan fingerprint density at radius 3 is 2.47 bits per heavy atom. The first-order valence-corrected chi connectivity index (χ1v) is 7.82. The summed E-state index contributed by atoms with van der Waals surface area (Å²) in [5.74, 6) is 0.0901. The fourth-order valence-corrected chi connectivity index (χ4v) is 3.28. The van der Waals surface area contributed by atoms with Crippen molar-refractivity contribution in [2.45, 2.75) is 0 Å². The number of nitrogens with two attached hydrogens (primary N) is 1. The largest absolute Gasteiger partial charge is 0.397 e. The molecule has 1 amide bonds. The smallest absolute Gasteiger partial charge is 0.251 e. The van der Waals surface area contributed by atoms with Crippen LogP contribution in [0.15, 0.2) is 18.2 Å². The van der Waals surface area contributed by atoms with Crippen LogP contribution in [0, 0.1) is 0 Å². The summed E-state index contributed by atoms with van der Waals surface area (Å²) < 4.78 is 22.8. The zero-order valence-electron chi connectivity index (χ0n) is 10.7. The third-order valence-electron chi connectivity index (χ3n) is 3.20. The van der Waals surface area contributed by atoms with Crippen molar-refractivity contribution in [3.63, 3.8) is 0 Å². The number of benzene rings is 1. The van der Waals surface area contributed by atoms with Crippen LogP contribution in [-0.2, 0) is 9.84 Å². The Morgan fingerprint density at radius 2 is 1.95 bits per heavy atom. The molecule has 1 aliphatic rings. The molecule has 1 aromatic carbocycles. The topological polar surface area (TPSA) is 92.5 Å². The minimum atomic E-state index is -2.91. The molecule has 1 fully saturated rings. The number of rotatable bonds is 2. The molecule has 0 saturated carbocycles. The number of nitrogens with one attached hydrogen (secondary N) is 1. The number of anilines is 2. The summed E-state index contributed by atoms with van der Waals surface area (Å²) in [5.41, 5.74) is 7.70. The van der Waals surface area contributed by atoms with Crippen molar-refractivity contribution in [3.05, 3.63) is 23.8 Å². The van der Waals surface area contributed by atoms with E-state index in [0.717, 1.165) is 5.69 Å². The average Bonchev–Trinajstić information content (AvgIpc) is 2.38. The van der Waals surface area contributed by atoms with Gasteiger partial charge in [0.15, 0.2) is 9.84 Å². The number of carbonyl (C=O) groups is 1. The van der Waals surface area contributed by atoms with E-state index < -0.39 is 9.84 Å². The Morgan fingerprint density at radius 1 is 1.32 bits per heavy atom. The molecule has 2 rings (SSSR count).